The van der Waals surface area contributed by atoms with Crippen molar-refractivity contribution in [2.24, 2.45) is 5.92 Å². The minimum Gasteiger partial charge on any atom is -0.481 e. The number of hydrogen-bond acceptors (Lipinski definition) is 6. The number of anilines is 2. The number of aromatic nitrogens is 1. The summed E-state index contributed by atoms with van der Waals surface area (Å²) >= 11 is 0. The van der Waals surface area contributed by atoms with Crippen molar-refractivity contribution in [3.8, 4) is 0 Å². The summed E-state index contributed by atoms with van der Waals surface area (Å²) in [6.07, 6.45) is 5.00. The smallest absolute Gasteiger partial charge is 0.411 e. The second kappa shape index (κ2) is 8.15. The molecule has 2 heterocycles. The van der Waals surface area contributed by atoms with Crippen LogP contribution in [0.3, 0.4) is 0 Å². The fourth-order valence-corrected chi connectivity index (χ4v) is 4.58. The number of aryl methyl sites for hydroxylation is 1. The number of amides is 1. The number of carboxylic acid groups (broad SMARTS) is 1. The molecular weight excluding hydrogens is 410 g/mol. The summed E-state index contributed by atoms with van der Waals surface area (Å²) in [7, 11) is 0. The molecule has 1 amide bonds. The van der Waals surface area contributed by atoms with Gasteiger partial charge >= 0.3 is 12.1 Å². The van der Waals surface area contributed by atoms with E-state index in [0.29, 0.717) is 36.7 Å². The summed E-state index contributed by atoms with van der Waals surface area (Å²) in [5, 5.41) is 16.4. The van der Waals surface area contributed by atoms with Gasteiger partial charge in [0.15, 0.2) is 5.76 Å². The number of piperidine rings is 1. The lowest BCUT2D eigenvalue weighted by atomic mass is 9.92. The highest BCUT2D eigenvalue weighted by Gasteiger charge is 2.51. The van der Waals surface area contributed by atoms with Crippen molar-refractivity contribution in [2.45, 2.75) is 56.8 Å². The average molecular weight is 440 g/mol. The molecule has 0 bridgehead atoms. The monoisotopic (exact) mass is 439 g/mol. The normalized spacial score (nSPS) is 20.1. The van der Waals surface area contributed by atoms with Gasteiger partial charge in [-0.05, 0) is 69.1 Å². The van der Waals surface area contributed by atoms with Crippen molar-refractivity contribution in [1.82, 2.24) is 5.16 Å². The molecule has 2 aromatic rings. The molecule has 0 unspecified atom stereocenters. The van der Waals surface area contributed by atoms with Gasteiger partial charge in [0.25, 0.3) is 0 Å². The average Bonchev–Trinajstić information content (AvgIpc) is 3.72. The maximum atomic E-state index is 12.2. The third kappa shape index (κ3) is 4.06. The number of carboxylic acids is 1. The summed E-state index contributed by atoms with van der Waals surface area (Å²) in [5.74, 6) is 0.681. The molecule has 8 nitrogen and oxygen atoms in total. The second-order valence-electron chi connectivity index (χ2n) is 9.37. The molecule has 3 aliphatic rings. The number of aliphatic carboxylic acids is 1. The lowest BCUT2D eigenvalue weighted by Gasteiger charge is -2.33. The van der Waals surface area contributed by atoms with Crippen LogP contribution in [0.2, 0.25) is 0 Å². The lowest BCUT2D eigenvalue weighted by Crippen LogP contribution is -2.33. The van der Waals surface area contributed by atoms with Crippen molar-refractivity contribution >= 4 is 23.4 Å². The van der Waals surface area contributed by atoms with Crippen LogP contribution < -0.4 is 10.2 Å². The van der Waals surface area contributed by atoms with Gasteiger partial charge in [0.2, 0.25) is 0 Å². The number of carbonyl (C=O) groups is 2. The van der Waals surface area contributed by atoms with Crippen LogP contribution in [0.5, 0.6) is 0 Å². The summed E-state index contributed by atoms with van der Waals surface area (Å²) in [4.78, 5) is 26.0. The third-order valence-electron chi connectivity index (χ3n) is 7.07. The first-order valence-electron chi connectivity index (χ1n) is 11.4. The van der Waals surface area contributed by atoms with Crippen molar-refractivity contribution < 1.29 is 24.0 Å². The van der Waals surface area contributed by atoms with Crippen LogP contribution in [0.15, 0.2) is 28.8 Å². The maximum absolute atomic E-state index is 12.2. The van der Waals surface area contributed by atoms with Crippen LogP contribution in [0.1, 0.15) is 61.5 Å². The zero-order valence-corrected chi connectivity index (χ0v) is 18.3. The number of rotatable bonds is 7. The first-order chi connectivity index (χ1) is 15.5. The molecule has 8 heteroatoms. The molecular formula is C24H29N3O5. The first-order valence-corrected chi connectivity index (χ1v) is 11.4. The predicted octanol–water partition coefficient (Wildman–Crippen LogP) is 4.44. The highest BCUT2D eigenvalue weighted by Crippen LogP contribution is 2.48. The van der Waals surface area contributed by atoms with Crippen LogP contribution in [-0.2, 0) is 14.9 Å². The van der Waals surface area contributed by atoms with Crippen molar-refractivity contribution in [1.29, 1.82) is 0 Å². The molecule has 2 N–H and O–H groups in total. The van der Waals surface area contributed by atoms with E-state index in [9.17, 15) is 14.7 Å². The minimum absolute atomic E-state index is 0.173. The lowest BCUT2D eigenvalue weighted by molar-refractivity contribution is -0.140. The van der Waals surface area contributed by atoms with E-state index in [0.717, 1.165) is 55.8 Å². The molecule has 0 atom stereocenters. The summed E-state index contributed by atoms with van der Waals surface area (Å²) in [6, 6.07) is 7.97. The first kappa shape index (κ1) is 20.8. The van der Waals surface area contributed by atoms with Crippen molar-refractivity contribution in [2.75, 3.05) is 29.9 Å². The zero-order valence-electron chi connectivity index (χ0n) is 18.3. The quantitative estimate of drug-likeness (QED) is 0.657. The van der Waals surface area contributed by atoms with Gasteiger partial charge in [-0.2, -0.15) is 0 Å². The van der Waals surface area contributed by atoms with Crippen molar-refractivity contribution in [3.63, 3.8) is 0 Å². The molecule has 1 aromatic heterocycles. The molecule has 1 aliphatic heterocycles. The van der Waals surface area contributed by atoms with Gasteiger partial charge < -0.3 is 19.3 Å². The van der Waals surface area contributed by atoms with E-state index in [2.05, 4.69) is 15.4 Å². The summed E-state index contributed by atoms with van der Waals surface area (Å²) < 4.78 is 10.9. The summed E-state index contributed by atoms with van der Waals surface area (Å²) in [5.41, 5.74) is 2.62. The molecule has 32 heavy (non-hydrogen) atoms. The molecule has 170 valence electrons. The van der Waals surface area contributed by atoms with E-state index in [1.165, 1.54) is 0 Å². The Kier molecular flexibility index (Phi) is 5.31. The van der Waals surface area contributed by atoms with E-state index >= 15 is 0 Å². The number of hydrogen-bond donors (Lipinski definition) is 2. The Hall–Kier alpha value is -3.03. The SMILES string of the molecule is Cc1noc(C2CCN(c3ccc(C4(C(=O)O)CC4)cc3)CC2)c1NC(=O)OCC1CC1. The van der Waals surface area contributed by atoms with Gasteiger partial charge in [0.05, 0.1) is 12.0 Å². The number of ether oxygens (including phenoxy) is 1. The van der Waals surface area contributed by atoms with Crippen molar-refractivity contribution in [3.05, 3.63) is 41.3 Å². The van der Waals surface area contributed by atoms with Gasteiger partial charge in [0.1, 0.15) is 11.4 Å². The topological polar surface area (TPSA) is 105 Å². The molecule has 1 saturated heterocycles. The number of nitrogens with one attached hydrogen (secondary N) is 1. The van der Waals surface area contributed by atoms with E-state index < -0.39 is 17.5 Å². The van der Waals surface area contributed by atoms with Crippen LogP contribution in [0.4, 0.5) is 16.2 Å². The molecule has 2 aliphatic carbocycles. The Morgan fingerprint density at radius 1 is 1.19 bits per heavy atom. The van der Waals surface area contributed by atoms with E-state index in [1.54, 1.807) is 0 Å². The Bertz CT molecular complexity index is 999. The van der Waals surface area contributed by atoms with Gasteiger partial charge in [-0.15, -0.1) is 0 Å². The van der Waals surface area contributed by atoms with Gasteiger partial charge in [-0.25, -0.2) is 4.79 Å². The predicted molar refractivity (Wildman–Crippen MR) is 118 cm³/mol. The van der Waals surface area contributed by atoms with Gasteiger partial charge in [-0.3, -0.25) is 10.1 Å². The van der Waals surface area contributed by atoms with E-state index in [4.69, 9.17) is 9.26 Å². The summed E-state index contributed by atoms with van der Waals surface area (Å²) in [6.45, 7) is 3.99. The molecule has 5 rings (SSSR count). The Labute approximate surface area is 186 Å². The molecule has 0 spiro atoms. The zero-order chi connectivity index (χ0) is 22.3. The number of benzene rings is 1. The third-order valence-corrected chi connectivity index (χ3v) is 7.07. The maximum Gasteiger partial charge on any atom is 0.411 e. The fraction of sp³-hybridized carbons (Fsp3) is 0.542. The Morgan fingerprint density at radius 2 is 1.88 bits per heavy atom. The highest BCUT2D eigenvalue weighted by molar-refractivity contribution is 5.86. The number of nitrogens with zero attached hydrogens (tertiary/aromatic N) is 2. The molecule has 3 fully saturated rings. The Balaban J connectivity index is 1.20. The minimum atomic E-state index is -0.728. The standard InChI is InChI=1S/C24H29N3O5/c1-15-20(25-23(30)31-14-16-2-3-16)21(32-26-15)17-8-12-27(13-9-17)19-6-4-18(5-7-19)24(10-11-24)22(28)29/h4-7,16-17H,2-3,8-14H2,1H3,(H,25,30)(H,28,29). The van der Waals surface area contributed by atoms with E-state index in [-0.39, 0.29) is 5.92 Å². The van der Waals surface area contributed by atoms with Crippen LogP contribution in [-0.4, -0.2) is 42.0 Å². The largest absolute Gasteiger partial charge is 0.481 e. The highest BCUT2D eigenvalue weighted by atomic mass is 16.5. The fourth-order valence-electron chi connectivity index (χ4n) is 4.58. The van der Waals surface area contributed by atoms with Gasteiger partial charge in [0, 0.05) is 24.7 Å². The second-order valence-corrected chi connectivity index (χ2v) is 9.37. The van der Waals surface area contributed by atoms with E-state index in [1.807, 2.05) is 31.2 Å². The van der Waals surface area contributed by atoms with Crippen LogP contribution in [0, 0.1) is 12.8 Å². The molecule has 1 aromatic carbocycles. The Morgan fingerprint density at radius 3 is 2.47 bits per heavy atom. The van der Waals surface area contributed by atoms with Gasteiger partial charge in [-0.1, -0.05) is 17.3 Å². The molecule has 0 radical (unpaired) electrons. The number of carbonyl (C=O) groups excluding carboxylic acids is 1. The molecule has 2 saturated carbocycles. The van der Waals surface area contributed by atoms with Crippen LogP contribution >= 0.6 is 0 Å². The van der Waals surface area contributed by atoms with Crippen LogP contribution in [0.25, 0.3) is 0 Å².